The minimum Gasteiger partial charge on any atom is -0.469 e. The summed E-state index contributed by atoms with van der Waals surface area (Å²) in [6, 6.07) is 0. The quantitative estimate of drug-likeness (QED) is 0.129. The molecule has 4 aromatic heterocycles. The Balaban J connectivity index is 1.25. The van der Waals surface area contributed by atoms with Gasteiger partial charge in [-0.3, -0.25) is 31.8 Å². The smallest absolute Gasteiger partial charge is 0.469 e. The Labute approximate surface area is 337 Å². The van der Waals surface area contributed by atoms with Crippen LogP contribution in [0.4, 0.5) is 30.0 Å². The highest BCUT2D eigenvalue weighted by Crippen LogP contribution is 2.58. The Morgan fingerprint density at radius 1 is 0.817 bits per heavy atom. The Kier molecular flexibility index (Phi) is 12.5. The van der Waals surface area contributed by atoms with Gasteiger partial charge in [0.05, 0.1) is 31.3 Å². The molecule has 0 bridgehead atoms. The lowest BCUT2D eigenvalue weighted by atomic mass is 10.1. The summed E-state index contributed by atoms with van der Waals surface area (Å²) >= 11 is 0. The van der Waals surface area contributed by atoms with E-state index in [1.54, 1.807) is 13.8 Å². The summed E-state index contributed by atoms with van der Waals surface area (Å²) < 4.78 is 124. The first kappa shape index (κ1) is 43.0. The molecule has 4 N–H and O–H groups in total. The summed E-state index contributed by atoms with van der Waals surface area (Å²) in [6.45, 7) is 3.10. The number of ether oxygens (including phenoxy) is 6. The minimum atomic E-state index is -5.14. The third-order valence-electron chi connectivity index (χ3n) is 8.60. The van der Waals surface area contributed by atoms with Crippen LogP contribution < -0.4 is 11.5 Å². The van der Waals surface area contributed by atoms with E-state index in [-0.39, 0.29) is 34.0 Å². The third-order valence-corrected chi connectivity index (χ3v) is 11.7. The summed E-state index contributed by atoms with van der Waals surface area (Å²) in [4.78, 5) is 48.5. The fourth-order valence-electron chi connectivity index (χ4n) is 6.02. The van der Waals surface area contributed by atoms with E-state index in [2.05, 4.69) is 29.9 Å². The number of nitrogens with two attached hydrogens (primary N) is 2. The molecule has 0 amide bonds. The van der Waals surface area contributed by atoms with Crippen LogP contribution in [0.5, 0.6) is 0 Å². The van der Waals surface area contributed by atoms with Crippen LogP contribution in [-0.4, -0.2) is 121 Å². The van der Waals surface area contributed by atoms with Crippen molar-refractivity contribution in [3.8, 4) is 0 Å². The number of phosphoric ester groups is 1. The molecule has 4 aromatic rings. The number of phosphoric acid groups is 1. The molecule has 9 atom stereocenters. The molecule has 25 nitrogen and oxygen atoms in total. The summed E-state index contributed by atoms with van der Waals surface area (Å²) in [6.07, 6.45) is -12.4. The number of anilines is 2. The SMILES string of the molecule is CC(C)OC(=O)OCOP1(=O)C/C=C2/O[C@@H](n3cnc4c(N)ncnc43)[C@H](F)[C@@H]2OP(=O)(OCOC(=O)OC(C)C)OC[C@H]2O[C@@H](n3cnc4c(N)ncnc43)[C@H](F)[C@@H]2O1. The first-order valence-corrected chi connectivity index (χ1v) is 21.1. The van der Waals surface area contributed by atoms with Gasteiger partial charge in [-0.1, -0.05) is 0 Å². The molecule has 3 aliphatic rings. The van der Waals surface area contributed by atoms with Crippen molar-refractivity contribution in [1.29, 1.82) is 0 Å². The van der Waals surface area contributed by atoms with Crippen molar-refractivity contribution in [2.75, 3.05) is 37.8 Å². The molecule has 7 heterocycles. The number of hydrogen-bond acceptors (Lipinski definition) is 23. The number of aromatic nitrogens is 8. The lowest BCUT2D eigenvalue weighted by molar-refractivity contribution is -0.0603. The lowest BCUT2D eigenvalue weighted by Crippen LogP contribution is -2.35. The van der Waals surface area contributed by atoms with Crippen LogP contribution in [0, 0.1) is 0 Å². The number of fused-ring (bicyclic) bond motifs is 4. The molecular weight excluding hydrogens is 852 g/mol. The first-order valence-electron chi connectivity index (χ1n) is 17.9. The van der Waals surface area contributed by atoms with Crippen molar-refractivity contribution in [3.05, 3.63) is 37.1 Å². The van der Waals surface area contributed by atoms with Gasteiger partial charge in [-0.05, 0) is 33.8 Å². The van der Waals surface area contributed by atoms with Crippen molar-refractivity contribution >= 4 is 61.7 Å². The normalized spacial score (nSPS) is 30.5. The van der Waals surface area contributed by atoms with Gasteiger partial charge in [0, 0.05) is 0 Å². The number of imidazole rings is 2. The number of alkyl halides is 2. The maximum atomic E-state index is 16.8. The highest BCUT2D eigenvalue weighted by atomic mass is 31.2. The van der Waals surface area contributed by atoms with Gasteiger partial charge in [-0.2, -0.15) is 0 Å². The molecule has 0 aliphatic carbocycles. The van der Waals surface area contributed by atoms with Crippen LogP contribution in [0.1, 0.15) is 40.2 Å². The van der Waals surface area contributed by atoms with Gasteiger partial charge >= 0.3 is 27.7 Å². The Hall–Kier alpha value is -5.14. The standard InChI is InChI=1S/C31H38F2N10O15P2/c1-14(2)53-30(44)48-12-51-59(46)6-5-16-22(18(32)28(55-16)42-10-40-20-24(34)36-8-38-26(20)42)58-60(47,52-13-49-31(45)54-15(3)4)50-7-17-23(57-59)19(33)29(56-17)43-11-41-21-25(35)37-9-39-27(21)43/h5,8-11,14-15,17-19,22-23,28-29H,6-7,12-13H2,1-4H3,(H2,34,36,38)(H2,35,37,39)/b16-5+/t17-,18-,19-,22-,23-,28-,29-,59?,60?/m1/s1. The summed E-state index contributed by atoms with van der Waals surface area (Å²) in [7, 11) is -9.87. The number of halogens is 2. The van der Waals surface area contributed by atoms with E-state index >= 15 is 8.78 Å². The predicted octanol–water partition coefficient (Wildman–Crippen LogP) is 3.99. The van der Waals surface area contributed by atoms with Crippen LogP contribution in [0.2, 0.25) is 0 Å². The number of nitrogen functional groups attached to an aromatic ring is 2. The summed E-state index contributed by atoms with van der Waals surface area (Å²) in [5, 5.41) is 0. The number of nitrogens with zero attached hydrogens (tertiary/aromatic N) is 8. The lowest BCUT2D eigenvalue weighted by Gasteiger charge is -2.28. The first-order chi connectivity index (χ1) is 28.5. The van der Waals surface area contributed by atoms with Gasteiger partial charge in [-0.25, -0.2) is 57.4 Å². The van der Waals surface area contributed by atoms with E-state index in [4.69, 9.17) is 62.5 Å². The fraction of sp³-hybridized carbons (Fsp3) is 0.548. The molecule has 2 unspecified atom stereocenters. The molecule has 2 saturated heterocycles. The number of carbonyl (C=O) groups excluding carboxylic acids is 2. The van der Waals surface area contributed by atoms with Crippen LogP contribution in [0.25, 0.3) is 22.3 Å². The molecule has 7 rings (SSSR count). The maximum absolute atomic E-state index is 16.8. The van der Waals surface area contributed by atoms with Gasteiger partial charge in [0.1, 0.15) is 48.0 Å². The number of carbonyl (C=O) groups is 2. The Bertz CT molecular complexity index is 2350. The van der Waals surface area contributed by atoms with E-state index in [0.29, 0.717) is 0 Å². The molecule has 326 valence electrons. The number of rotatable bonds is 10. The van der Waals surface area contributed by atoms with Gasteiger partial charge < -0.3 is 39.9 Å². The van der Waals surface area contributed by atoms with Gasteiger partial charge in [-0.15, -0.1) is 0 Å². The second-order valence-electron chi connectivity index (χ2n) is 13.5. The van der Waals surface area contributed by atoms with Crippen molar-refractivity contribution in [1.82, 2.24) is 39.0 Å². The zero-order valence-electron chi connectivity index (χ0n) is 31.9. The topological polar surface area (TPSA) is 309 Å². The molecular formula is C31H38F2N10O15P2. The third kappa shape index (κ3) is 9.12. The van der Waals surface area contributed by atoms with E-state index in [1.807, 2.05) is 0 Å². The molecule has 29 heteroatoms. The molecule has 60 heavy (non-hydrogen) atoms. The maximum Gasteiger partial charge on any atom is 0.510 e. The number of hydrogen-bond donors (Lipinski definition) is 2. The average Bonchev–Trinajstić information content (AvgIpc) is 3.94. The van der Waals surface area contributed by atoms with E-state index < -0.39 is 115 Å². The van der Waals surface area contributed by atoms with E-state index in [9.17, 15) is 18.7 Å². The molecule has 0 saturated carbocycles. The zero-order chi connectivity index (χ0) is 42.9. The number of allylic oxidation sites excluding steroid dienone is 1. The highest BCUT2D eigenvalue weighted by molar-refractivity contribution is 7.54. The minimum absolute atomic E-state index is 0.0249. The summed E-state index contributed by atoms with van der Waals surface area (Å²) in [5.41, 5.74) is 12.1. The van der Waals surface area contributed by atoms with Crippen LogP contribution in [0.3, 0.4) is 0 Å². The van der Waals surface area contributed by atoms with Crippen LogP contribution >= 0.6 is 15.4 Å². The van der Waals surface area contributed by atoms with Crippen molar-refractivity contribution in [3.63, 3.8) is 0 Å². The van der Waals surface area contributed by atoms with Crippen molar-refractivity contribution < 1.29 is 78.5 Å². The second-order valence-corrected chi connectivity index (χ2v) is 17.2. The largest absolute Gasteiger partial charge is 0.510 e. The van der Waals surface area contributed by atoms with Gasteiger partial charge in [0.25, 0.3) is 0 Å². The van der Waals surface area contributed by atoms with Crippen molar-refractivity contribution in [2.45, 2.75) is 83.0 Å². The highest BCUT2D eigenvalue weighted by Gasteiger charge is 2.54. The molecule has 0 radical (unpaired) electrons. The Morgan fingerprint density at radius 2 is 1.38 bits per heavy atom. The van der Waals surface area contributed by atoms with Crippen LogP contribution in [0.15, 0.2) is 37.1 Å². The average molecular weight is 891 g/mol. The predicted molar refractivity (Wildman–Crippen MR) is 194 cm³/mol. The molecule has 0 spiro atoms. The van der Waals surface area contributed by atoms with Crippen LogP contribution in [-0.2, 0) is 60.2 Å². The van der Waals surface area contributed by atoms with Gasteiger partial charge in [0.15, 0.2) is 47.6 Å². The van der Waals surface area contributed by atoms with E-state index in [1.165, 1.54) is 13.8 Å². The Morgan fingerprint density at radius 3 is 1.97 bits per heavy atom. The fourth-order valence-corrected chi connectivity index (χ4v) is 8.71. The molecule has 0 aromatic carbocycles. The molecule has 2 fully saturated rings. The second kappa shape index (κ2) is 17.5. The van der Waals surface area contributed by atoms with Gasteiger partial charge in [0.2, 0.25) is 19.8 Å². The summed E-state index contributed by atoms with van der Waals surface area (Å²) in [5.74, 6) is -0.547. The van der Waals surface area contributed by atoms with Crippen molar-refractivity contribution in [2.24, 2.45) is 0 Å². The zero-order valence-corrected chi connectivity index (χ0v) is 33.7. The molecule has 3 aliphatic heterocycles. The monoisotopic (exact) mass is 890 g/mol. The van der Waals surface area contributed by atoms with E-state index in [0.717, 1.165) is 40.5 Å².